The molecular formula is C13H16F3N3O2. The minimum absolute atomic E-state index is 0.111. The van der Waals surface area contributed by atoms with E-state index in [1.54, 1.807) is 13.8 Å². The summed E-state index contributed by atoms with van der Waals surface area (Å²) >= 11 is 0. The molecule has 2 rings (SSSR count). The van der Waals surface area contributed by atoms with E-state index in [1.165, 1.54) is 0 Å². The van der Waals surface area contributed by atoms with Gasteiger partial charge in [0, 0.05) is 11.5 Å². The highest BCUT2D eigenvalue weighted by atomic mass is 19.4. The summed E-state index contributed by atoms with van der Waals surface area (Å²) in [5, 5.41) is 12.4. The maximum Gasteiger partial charge on any atom is 0.433 e. The molecule has 4 N–H and O–H groups in total. The van der Waals surface area contributed by atoms with Crippen molar-refractivity contribution < 1.29 is 23.1 Å². The quantitative estimate of drug-likeness (QED) is 0.794. The second-order valence-corrected chi connectivity index (χ2v) is 5.72. The summed E-state index contributed by atoms with van der Waals surface area (Å²) in [4.78, 5) is 14.8. The Balaban J connectivity index is 2.34. The van der Waals surface area contributed by atoms with E-state index in [9.17, 15) is 23.1 Å². The number of amides is 1. The van der Waals surface area contributed by atoms with Crippen LogP contribution in [-0.2, 0) is 6.18 Å². The summed E-state index contributed by atoms with van der Waals surface area (Å²) in [7, 11) is 0. The van der Waals surface area contributed by atoms with Gasteiger partial charge in [0.1, 0.15) is 11.5 Å². The Labute approximate surface area is 119 Å². The van der Waals surface area contributed by atoms with E-state index in [2.05, 4.69) is 10.3 Å². The van der Waals surface area contributed by atoms with Crippen molar-refractivity contribution >= 4 is 11.7 Å². The van der Waals surface area contributed by atoms with Gasteiger partial charge in [-0.15, -0.1) is 0 Å². The first kappa shape index (κ1) is 15.6. The van der Waals surface area contributed by atoms with Crippen LogP contribution in [0.25, 0.3) is 0 Å². The summed E-state index contributed by atoms with van der Waals surface area (Å²) in [5.74, 6) is -1.07. The van der Waals surface area contributed by atoms with Crippen molar-refractivity contribution in [3.8, 4) is 0 Å². The highest BCUT2D eigenvalue weighted by molar-refractivity contribution is 5.97. The molecule has 0 radical (unpaired) electrons. The first-order valence-electron chi connectivity index (χ1n) is 6.36. The lowest BCUT2D eigenvalue weighted by atomic mass is 9.64. The fourth-order valence-electron chi connectivity index (χ4n) is 2.24. The molecule has 0 bridgehead atoms. The zero-order valence-corrected chi connectivity index (χ0v) is 11.5. The molecule has 116 valence electrons. The number of nitrogens with two attached hydrogens (primary N) is 1. The number of hydrogen-bond donors (Lipinski definition) is 3. The van der Waals surface area contributed by atoms with Crippen molar-refractivity contribution in [3.05, 3.63) is 23.4 Å². The lowest BCUT2D eigenvalue weighted by molar-refractivity contribution is -0.141. The van der Waals surface area contributed by atoms with Crippen LogP contribution in [0.4, 0.5) is 19.0 Å². The molecule has 1 heterocycles. The fourth-order valence-corrected chi connectivity index (χ4v) is 2.24. The number of anilines is 1. The third-order valence-electron chi connectivity index (χ3n) is 3.98. The molecule has 1 aromatic rings. The van der Waals surface area contributed by atoms with Crippen LogP contribution in [0.3, 0.4) is 0 Å². The first-order chi connectivity index (χ1) is 9.53. The van der Waals surface area contributed by atoms with Crippen molar-refractivity contribution in [2.45, 2.75) is 38.6 Å². The van der Waals surface area contributed by atoms with Crippen molar-refractivity contribution in [1.29, 1.82) is 0 Å². The molecule has 1 fully saturated rings. The third-order valence-corrected chi connectivity index (χ3v) is 3.98. The van der Waals surface area contributed by atoms with Gasteiger partial charge in [-0.2, -0.15) is 13.2 Å². The van der Waals surface area contributed by atoms with Gasteiger partial charge in [0.2, 0.25) is 0 Å². The van der Waals surface area contributed by atoms with Crippen LogP contribution in [-0.4, -0.2) is 28.1 Å². The SMILES string of the molecule is CC1(C)C(O)CC1Nc1nc(C(F)(F)F)ccc1C(N)=O. The van der Waals surface area contributed by atoms with Gasteiger partial charge < -0.3 is 16.2 Å². The number of rotatable bonds is 3. The van der Waals surface area contributed by atoms with E-state index < -0.39 is 29.3 Å². The number of aliphatic hydroxyl groups is 1. The predicted octanol–water partition coefficient (Wildman–Crippen LogP) is 1.77. The van der Waals surface area contributed by atoms with Crippen LogP contribution in [0.5, 0.6) is 0 Å². The molecule has 2 atom stereocenters. The average molecular weight is 303 g/mol. The Morgan fingerprint density at radius 2 is 2.10 bits per heavy atom. The first-order valence-corrected chi connectivity index (χ1v) is 6.36. The number of pyridine rings is 1. The van der Waals surface area contributed by atoms with Crippen molar-refractivity contribution in [1.82, 2.24) is 4.98 Å². The number of nitrogens with one attached hydrogen (secondary N) is 1. The zero-order chi connectivity index (χ0) is 16.0. The Hall–Kier alpha value is -1.83. The van der Waals surface area contributed by atoms with Crippen LogP contribution in [0.2, 0.25) is 0 Å². The fraction of sp³-hybridized carbons (Fsp3) is 0.538. The summed E-state index contributed by atoms with van der Waals surface area (Å²) in [5.41, 5.74) is 3.42. The molecule has 1 aliphatic rings. The lowest BCUT2D eigenvalue weighted by Gasteiger charge is -2.49. The van der Waals surface area contributed by atoms with E-state index in [-0.39, 0.29) is 17.4 Å². The second kappa shape index (κ2) is 4.87. The molecule has 8 heteroatoms. The highest BCUT2D eigenvalue weighted by Gasteiger charge is 2.47. The summed E-state index contributed by atoms with van der Waals surface area (Å²) < 4.78 is 38.1. The number of alkyl halides is 3. The molecule has 5 nitrogen and oxygen atoms in total. The maximum absolute atomic E-state index is 12.7. The zero-order valence-electron chi connectivity index (χ0n) is 11.5. The predicted molar refractivity (Wildman–Crippen MR) is 69.6 cm³/mol. The minimum atomic E-state index is -4.61. The molecule has 0 spiro atoms. The topological polar surface area (TPSA) is 88.2 Å². The minimum Gasteiger partial charge on any atom is -0.392 e. The Bertz CT molecular complexity index is 572. The third kappa shape index (κ3) is 2.80. The van der Waals surface area contributed by atoms with E-state index in [4.69, 9.17) is 5.73 Å². The smallest absolute Gasteiger partial charge is 0.392 e. The second-order valence-electron chi connectivity index (χ2n) is 5.72. The average Bonchev–Trinajstić information content (AvgIpc) is 2.37. The standard InChI is InChI=1S/C13H16F3N3O2/c1-12(2)8(5-9(12)20)19-11-6(10(17)21)3-4-7(18-11)13(14,15)16/h3-4,8-9,20H,5H2,1-2H3,(H2,17,21)(H,18,19). The van der Waals surface area contributed by atoms with Crippen molar-refractivity contribution in [2.75, 3.05) is 5.32 Å². The number of carbonyl (C=O) groups excluding carboxylic acids is 1. The molecule has 0 aromatic carbocycles. The molecule has 1 aromatic heterocycles. The van der Waals surface area contributed by atoms with Gasteiger partial charge >= 0.3 is 6.18 Å². The van der Waals surface area contributed by atoms with Gasteiger partial charge in [-0.05, 0) is 18.6 Å². The van der Waals surface area contributed by atoms with E-state index in [0.717, 1.165) is 6.07 Å². The Morgan fingerprint density at radius 3 is 2.52 bits per heavy atom. The largest absolute Gasteiger partial charge is 0.433 e. The number of hydrogen-bond acceptors (Lipinski definition) is 4. The number of primary amides is 1. The molecular weight excluding hydrogens is 287 g/mol. The van der Waals surface area contributed by atoms with Crippen LogP contribution in [0, 0.1) is 5.41 Å². The summed E-state index contributed by atoms with van der Waals surface area (Å²) in [6, 6.07) is 1.43. The van der Waals surface area contributed by atoms with E-state index in [0.29, 0.717) is 12.5 Å². The van der Waals surface area contributed by atoms with Crippen LogP contribution in [0.15, 0.2) is 12.1 Å². The number of halogens is 3. The molecule has 0 saturated heterocycles. The Morgan fingerprint density at radius 1 is 1.48 bits per heavy atom. The molecule has 1 saturated carbocycles. The van der Waals surface area contributed by atoms with Crippen molar-refractivity contribution in [2.24, 2.45) is 11.1 Å². The van der Waals surface area contributed by atoms with E-state index >= 15 is 0 Å². The van der Waals surface area contributed by atoms with Gasteiger partial charge in [-0.25, -0.2) is 4.98 Å². The monoisotopic (exact) mass is 303 g/mol. The van der Waals surface area contributed by atoms with Crippen molar-refractivity contribution in [3.63, 3.8) is 0 Å². The lowest BCUT2D eigenvalue weighted by Crippen LogP contribution is -2.57. The van der Waals surface area contributed by atoms with Gasteiger partial charge in [0.15, 0.2) is 0 Å². The molecule has 0 aliphatic heterocycles. The van der Waals surface area contributed by atoms with Gasteiger partial charge in [-0.3, -0.25) is 4.79 Å². The number of aromatic nitrogens is 1. The summed E-state index contributed by atoms with van der Waals surface area (Å²) in [6.45, 7) is 3.55. The number of carbonyl (C=O) groups is 1. The normalized spacial score (nSPS) is 24.3. The van der Waals surface area contributed by atoms with E-state index in [1.807, 2.05) is 0 Å². The van der Waals surface area contributed by atoms with Gasteiger partial charge in [-0.1, -0.05) is 13.8 Å². The Kier molecular flexibility index (Phi) is 3.61. The highest BCUT2D eigenvalue weighted by Crippen LogP contribution is 2.42. The van der Waals surface area contributed by atoms with Crippen LogP contribution < -0.4 is 11.1 Å². The summed E-state index contributed by atoms with van der Waals surface area (Å²) in [6.07, 6.45) is -4.80. The number of aliphatic hydroxyl groups excluding tert-OH is 1. The number of nitrogens with zero attached hydrogens (tertiary/aromatic N) is 1. The van der Waals surface area contributed by atoms with Gasteiger partial charge in [0.25, 0.3) is 5.91 Å². The van der Waals surface area contributed by atoms with Crippen LogP contribution >= 0.6 is 0 Å². The maximum atomic E-state index is 12.7. The molecule has 2 unspecified atom stereocenters. The molecule has 21 heavy (non-hydrogen) atoms. The van der Waals surface area contributed by atoms with Crippen LogP contribution in [0.1, 0.15) is 36.3 Å². The molecule has 1 amide bonds. The molecule has 1 aliphatic carbocycles. The van der Waals surface area contributed by atoms with Gasteiger partial charge in [0.05, 0.1) is 11.7 Å².